The van der Waals surface area contributed by atoms with E-state index in [1.807, 2.05) is 0 Å². The topological polar surface area (TPSA) is 68.0 Å². The fourth-order valence-corrected chi connectivity index (χ4v) is 1.75. The number of rotatable bonds is 2. The molecular weight excluding hydrogens is 269 g/mol. The molecule has 1 aromatic heterocycles. The van der Waals surface area contributed by atoms with E-state index >= 15 is 0 Å². The standard InChI is InChI=1S/C16H14FN3O/c1-11-7-14(17)4-5-15(11)20-16(21)13-8-12(3-2-6-18)9-19-10-13/h4-5,7-10H,6,18H2,1H3,(H,20,21). The van der Waals surface area contributed by atoms with Crippen molar-refractivity contribution < 1.29 is 9.18 Å². The minimum Gasteiger partial charge on any atom is -0.322 e. The van der Waals surface area contributed by atoms with Crippen LogP contribution in [0.1, 0.15) is 21.5 Å². The van der Waals surface area contributed by atoms with Gasteiger partial charge in [0.1, 0.15) is 5.82 Å². The smallest absolute Gasteiger partial charge is 0.257 e. The quantitative estimate of drug-likeness (QED) is 0.829. The van der Waals surface area contributed by atoms with Crippen molar-refractivity contribution in [3.8, 4) is 11.8 Å². The molecule has 0 aliphatic carbocycles. The average molecular weight is 283 g/mol. The summed E-state index contributed by atoms with van der Waals surface area (Å²) in [5.74, 6) is 4.85. The molecule has 2 aromatic rings. The number of amides is 1. The minimum absolute atomic E-state index is 0.241. The number of benzene rings is 1. The zero-order valence-corrected chi connectivity index (χ0v) is 11.5. The highest BCUT2D eigenvalue weighted by atomic mass is 19.1. The van der Waals surface area contributed by atoms with Gasteiger partial charge in [0, 0.05) is 23.6 Å². The number of nitrogens with two attached hydrogens (primary N) is 1. The predicted octanol–water partition coefficient (Wildman–Crippen LogP) is 2.09. The number of aryl methyl sites for hydroxylation is 1. The number of pyridine rings is 1. The van der Waals surface area contributed by atoms with E-state index in [0.717, 1.165) is 0 Å². The second-order valence-corrected chi connectivity index (χ2v) is 4.38. The molecule has 1 heterocycles. The highest BCUT2D eigenvalue weighted by Crippen LogP contribution is 2.16. The minimum atomic E-state index is -0.341. The third kappa shape index (κ3) is 3.88. The maximum absolute atomic E-state index is 13.0. The number of aromatic nitrogens is 1. The Morgan fingerprint density at radius 1 is 1.38 bits per heavy atom. The van der Waals surface area contributed by atoms with Gasteiger partial charge in [0.15, 0.2) is 0 Å². The number of nitrogens with zero attached hydrogens (tertiary/aromatic N) is 1. The molecule has 0 aliphatic heterocycles. The average Bonchev–Trinajstić information content (AvgIpc) is 2.48. The molecule has 1 amide bonds. The first-order chi connectivity index (χ1) is 10.1. The predicted molar refractivity (Wildman–Crippen MR) is 79.3 cm³/mol. The van der Waals surface area contributed by atoms with Crippen LogP contribution in [0.2, 0.25) is 0 Å². The van der Waals surface area contributed by atoms with Crippen molar-refractivity contribution in [2.75, 3.05) is 11.9 Å². The van der Waals surface area contributed by atoms with Gasteiger partial charge in [-0.25, -0.2) is 4.39 Å². The summed E-state index contributed by atoms with van der Waals surface area (Å²) in [6.45, 7) is 1.96. The second kappa shape index (κ2) is 6.64. The number of carbonyl (C=O) groups is 1. The van der Waals surface area contributed by atoms with Gasteiger partial charge in [0.25, 0.3) is 5.91 Å². The number of nitrogens with one attached hydrogen (secondary N) is 1. The van der Waals surface area contributed by atoms with Gasteiger partial charge in [-0.3, -0.25) is 9.78 Å². The fourth-order valence-electron chi connectivity index (χ4n) is 1.75. The van der Waals surface area contributed by atoms with Gasteiger partial charge in [0.05, 0.1) is 12.1 Å². The van der Waals surface area contributed by atoms with Crippen LogP contribution in [0, 0.1) is 24.6 Å². The van der Waals surface area contributed by atoms with Crippen molar-refractivity contribution in [2.24, 2.45) is 5.73 Å². The van der Waals surface area contributed by atoms with Crippen LogP contribution in [0.5, 0.6) is 0 Å². The van der Waals surface area contributed by atoms with Crippen molar-refractivity contribution in [3.05, 3.63) is 59.2 Å². The Morgan fingerprint density at radius 2 is 2.19 bits per heavy atom. The van der Waals surface area contributed by atoms with Gasteiger partial charge >= 0.3 is 0 Å². The Kier molecular flexibility index (Phi) is 4.64. The molecule has 106 valence electrons. The van der Waals surface area contributed by atoms with E-state index in [1.165, 1.54) is 24.4 Å². The summed E-state index contributed by atoms with van der Waals surface area (Å²) in [6.07, 6.45) is 3.00. The SMILES string of the molecule is Cc1cc(F)ccc1NC(=O)c1cncc(C#CCN)c1. The Labute approximate surface area is 122 Å². The maximum atomic E-state index is 13.0. The fraction of sp³-hybridized carbons (Fsp3) is 0.125. The first kappa shape index (κ1) is 14.7. The molecule has 0 fully saturated rings. The lowest BCUT2D eigenvalue weighted by atomic mass is 10.1. The lowest BCUT2D eigenvalue weighted by Gasteiger charge is -2.08. The molecule has 0 unspecified atom stereocenters. The van der Waals surface area contributed by atoms with E-state index in [1.54, 1.807) is 19.2 Å². The lowest BCUT2D eigenvalue weighted by Crippen LogP contribution is -2.13. The first-order valence-corrected chi connectivity index (χ1v) is 6.31. The van der Waals surface area contributed by atoms with Gasteiger partial charge in [-0.1, -0.05) is 11.8 Å². The monoisotopic (exact) mass is 283 g/mol. The normalized spacial score (nSPS) is 9.67. The second-order valence-electron chi connectivity index (χ2n) is 4.38. The van der Waals surface area contributed by atoms with E-state index in [9.17, 15) is 9.18 Å². The van der Waals surface area contributed by atoms with Crippen LogP contribution in [0.25, 0.3) is 0 Å². The van der Waals surface area contributed by atoms with E-state index in [-0.39, 0.29) is 18.3 Å². The summed E-state index contributed by atoms with van der Waals surface area (Å²) in [5, 5.41) is 2.72. The summed E-state index contributed by atoms with van der Waals surface area (Å²) in [5.41, 5.74) is 7.50. The highest BCUT2D eigenvalue weighted by molar-refractivity contribution is 6.04. The Morgan fingerprint density at radius 3 is 2.90 bits per heavy atom. The molecule has 0 atom stereocenters. The molecule has 0 aliphatic rings. The zero-order chi connectivity index (χ0) is 15.2. The third-order valence-electron chi connectivity index (χ3n) is 2.77. The Bertz CT molecular complexity index is 732. The molecule has 21 heavy (non-hydrogen) atoms. The van der Waals surface area contributed by atoms with Crippen molar-refractivity contribution >= 4 is 11.6 Å². The summed E-state index contributed by atoms with van der Waals surface area (Å²) < 4.78 is 13.0. The van der Waals surface area contributed by atoms with Crippen LogP contribution in [-0.4, -0.2) is 17.4 Å². The molecule has 0 radical (unpaired) electrons. The maximum Gasteiger partial charge on any atom is 0.257 e. The van der Waals surface area contributed by atoms with Gasteiger partial charge in [-0.2, -0.15) is 0 Å². The van der Waals surface area contributed by atoms with E-state index in [0.29, 0.717) is 22.4 Å². The van der Waals surface area contributed by atoms with E-state index in [2.05, 4.69) is 22.1 Å². The Hall–Kier alpha value is -2.71. The number of hydrogen-bond acceptors (Lipinski definition) is 3. The highest BCUT2D eigenvalue weighted by Gasteiger charge is 2.09. The van der Waals surface area contributed by atoms with E-state index in [4.69, 9.17) is 5.73 Å². The molecule has 3 N–H and O–H groups in total. The van der Waals surface area contributed by atoms with Gasteiger partial charge in [0.2, 0.25) is 0 Å². The molecule has 0 saturated heterocycles. The number of carbonyl (C=O) groups excluding carboxylic acids is 1. The molecule has 0 spiro atoms. The summed E-state index contributed by atoms with van der Waals surface area (Å²) in [4.78, 5) is 16.1. The summed E-state index contributed by atoms with van der Waals surface area (Å²) >= 11 is 0. The molecule has 4 nitrogen and oxygen atoms in total. The van der Waals surface area contributed by atoms with Crippen LogP contribution in [0.4, 0.5) is 10.1 Å². The van der Waals surface area contributed by atoms with Gasteiger partial charge in [-0.05, 0) is 36.8 Å². The van der Waals surface area contributed by atoms with Crippen molar-refractivity contribution in [3.63, 3.8) is 0 Å². The largest absolute Gasteiger partial charge is 0.322 e. The van der Waals surface area contributed by atoms with Crippen LogP contribution in [-0.2, 0) is 0 Å². The van der Waals surface area contributed by atoms with Crippen molar-refractivity contribution in [1.29, 1.82) is 0 Å². The number of anilines is 1. The Balaban J connectivity index is 2.20. The van der Waals surface area contributed by atoms with Crippen LogP contribution in [0.15, 0.2) is 36.7 Å². The lowest BCUT2D eigenvalue weighted by molar-refractivity contribution is 0.102. The van der Waals surface area contributed by atoms with E-state index < -0.39 is 0 Å². The molecule has 0 saturated carbocycles. The zero-order valence-electron chi connectivity index (χ0n) is 11.5. The molecule has 0 bridgehead atoms. The number of hydrogen-bond donors (Lipinski definition) is 2. The number of halogens is 1. The first-order valence-electron chi connectivity index (χ1n) is 6.31. The molecule has 1 aromatic carbocycles. The third-order valence-corrected chi connectivity index (χ3v) is 2.77. The van der Waals surface area contributed by atoms with Crippen molar-refractivity contribution in [1.82, 2.24) is 4.98 Å². The molecule has 5 heteroatoms. The van der Waals surface area contributed by atoms with Crippen LogP contribution < -0.4 is 11.1 Å². The van der Waals surface area contributed by atoms with Gasteiger partial charge in [-0.15, -0.1) is 0 Å². The molecular formula is C16H14FN3O. The van der Waals surface area contributed by atoms with Crippen LogP contribution >= 0.6 is 0 Å². The van der Waals surface area contributed by atoms with Gasteiger partial charge < -0.3 is 11.1 Å². The molecule has 2 rings (SSSR count). The summed E-state index contributed by atoms with van der Waals surface area (Å²) in [6, 6.07) is 5.80. The van der Waals surface area contributed by atoms with Crippen LogP contribution in [0.3, 0.4) is 0 Å². The van der Waals surface area contributed by atoms with Crippen molar-refractivity contribution in [2.45, 2.75) is 6.92 Å². The summed E-state index contributed by atoms with van der Waals surface area (Å²) in [7, 11) is 0.